The number of amides is 2. The van der Waals surface area contributed by atoms with Gasteiger partial charge in [0.25, 0.3) is 0 Å². The van der Waals surface area contributed by atoms with Gasteiger partial charge >= 0.3 is 0 Å². The summed E-state index contributed by atoms with van der Waals surface area (Å²) in [7, 11) is 1.72. The second kappa shape index (κ2) is 9.04. The van der Waals surface area contributed by atoms with Crippen LogP contribution in [0.5, 0.6) is 0 Å². The number of nitrogens with zero attached hydrogens (tertiary/aromatic N) is 3. The van der Waals surface area contributed by atoms with Crippen molar-refractivity contribution in [1.29, 1.82) is 0 Å². The molecule has 0 saturated carbocycles. The topological polar surface area (TPSA) is 43.9 Å². The van der Waals surface area contributed by atoms with E-state index >= 15 is 0 Å². The largest absolute Gasteiger partial charge is 0.372 e. The highest BCUT2D eigenvalue weighted by molar-refractivity contribution is 6.02. The van der Waals surface area contributed by atoms with Gasteiger partial charge in [-0.2, -0.15) is 0 Å². The highest BCUT2D eigenvalue weighted by Gasteiger charge is 2.19. The maximum Gasteiger partial charge on any atom is 0.246 e. The van der Waals surface area contributed by atoms with E-state index in [9.17, 15) is 9.59 Å². The molecule has 0 aliphatic rings. The van der Waals surface area contributed by atoms with E-state index in [4.69, 9.17) is 0 Å². The zero-order valence-corrected chi connectivity index (χ0v) is 16.0. The Kier molecular flexibility index (Phi) is 6.78. The Bertz CT molecular complexity index is 725. The van der Waals surface area contributed by atoms with E-state index in [1.54, 1.807) is 11.9 Å². The smallest absolute Gasteiger partial charge is 0.246 e. The highest BCUT2D eigenvalue weighted by Crippen LogP contribution is 2.21. The molecule has 0 unspecified atom stereocenters. The van der Waals surface area contributed by atoms with Crippen LogP contribution in [0.15, 0.2) is 54.6 Å². The molecule has 0 radical (unpaired) electrons. The summed E-state index contributed by atoms with van der Waals surface area (Å²) >= 11 is 0. The second-order valence-electron chi connectivity index (χ2n) is 6.08. The van der Waals surface area contributed by atoms with E-state index in [-0.39, 0.29) is 18.4 Å². The van der Waals surface area contributed by atoms with E-state index in [0.29, 0.717) is 0 Å². The van der Waals surface area contributed by atoms with Crippen molar-refractivity contribution in [3.05, 3.63) is 54.6 Å². The average Bonchev–Trinajstić information content (AvgIpc) is 2.67. The second-order valence-corrected chi connectivity index (χ2v) is 6.08. The first-order chi connectivity index (χ1) is 12.5. The minimum absolute atomic E-state index is 0.00530. The zero-order valence-electron chi connectivity index (χ0n) is 16.0. The van der Waals surface area contributed by atoms with Crippen molar-refractivity contribution in [2.75, 3.05) is 41.4 Å². The predicted molar refractivity (Wildman–Crippen MR) is 108 cm³/mol. The molecule has 0 aromatic heterocycles. The summed E-state index contributed by atoms with van der Waals surface area (Å²) in [5.74, 6) is -0.297. The van der Waals surface area contributed by atoms with Crippen LogP contribution in [0.4, 0.5) is 17.1 Å². The third-order valence-corrected chi connectivity index (χ3v) is 4.48. The van der Waals surface area contributed by atoms with Gasteiger partial charge in [-0.1, -0.05) is 18.2 Å². The molecule has 2 aromatic carbocycles. The summed E-state index contributed by atoms with van der Waals surface area (Å²) in [5, 5.41) is 0. The van der Waals surface area contributed by atoms with E-state index in [2.05, 4.69) is 18.7 Å². The van der Waals surface area contributed by atoms with Gasteiger partial charge in [0, 0.05) is 44.1 Å². The SMILES string of the molecule is CCN(CC)c1ccc(N(CC(=O)N(C)c2ccccc2)C(C)=O)cc1. The molecule has 0 N–H and O–H groups in total. The molecule has 5 heteroatoms. The molecule has 0 aliphatic heterocycles. The first kappa shape index (κ1) is 19.5. The third-order valence-electron chi connectivity index (χ3n) is 4.48. The number of hydrogen-bond donors (Lipinski definition) is 0. The molecule has 2 rings (SSSR count). The van der Waals surface area contributed by atoms with Crippen LogP contribution in [0.1, 0.15) is 20.8 Å². The van der Waals surface area contributed by atoms with E-state index in [0.717, 1.165) is 30.2 Å². The summed E-state index contributed by atoms with van der Waals surface area (Å²) in [6, 6.07) is 17.2. The number of carbonyl (C=O) groups is 2. The Labute approximate surface area is 155 Å². The van der Waals surface area contributed by atoms with Crippen molar-refractivity contribution in [2.45, 2.75) is 20.8 Å². The van der Waals surface area contributed by atoms with Gasteiger partial charge < -0.3 is 14.7 Å². The van der Waals surface area contributed by atoms with Crippen LogP contribution in [0, 0.1) is 0 Å². The fourth-order valence-corrected chi connectivity index (χ4v) is 2.85. The van der Waals surface area contributed by atoms with Gasteiger partial charge in [0.2, 0.25) is 11.8 Å². The normalized spacial score (nSPS) is 10.3. The Balaban J connectivity index is 2.16. The molecule has 2 amide bonds. The van der Waals surface area contributed by atoms with Gasteiger partial charge in [0.05, 0.1) is 0 Å². The molecule has 0 saturated heterocycles. The monoisotopic (exact) mass is 353 g/mol. The number of para-hydroxylation sites is 1. The number of likely N-dealkylation sites (N-methyl/N-ethyl adjacent to an activating group) is 1. The quantitative estimate of drug-likeness (QED) is 0.765. The van der Waals surface area contributed by atoms with Crippen LogP contribution in [0.2, 0.25) is 0 Å². The van der Waals surface area contributed by atoms with Gasteiger partial charge in [-0.25, -0.2) is 0 Å². The Morgan fingerprint density at radius 1 is 0.808 bits per heavy atom. The maximum atomic E-state index is 12.6. The lowest BCUT2D eigenvalue weighted by Crippen LogP contribution is -2.40. The number of rotatable bonds is 7. The minimum atomic E-state index is -0.157. The molecule has 5 nitrogen and oxygen atoms in total. The average molecular weight is 353 g/mol. The lowest BCUT2D eigenvalue weighted by molar-refractivity contribution is -0.121. The van der Waals surface area contributed by atoms with Crippen molar-refractivity contribution in [2.24, 2.45) is 0 Å². The molecular weight excluding hydrogens is 326 g/mol. The summed E-state index contributed by atoms with van der Waals surface area (Å²) in [6.45, 7) is 7.55. The van der Waals surface area contributed by atoms with Crippen LogP contribution in [-0.4, -0.2) is 38.5 Å². The van der Waals surface area contributed by atoms with E-state index in [1.165, 1.54) is 11.8 Å². The zero-order chi connectivity index (χ0) is 19.1. The van der Waals surface area contributed by atoms with Crippen LogP contribution >= 0.6 is 0 Å². The van der Waals surface area contributed by atoms with E-state index < -0.39 is 0 Å². The van der Waals surface area contributed by atoms with Crippen LogP contribution in [-0.2, 0) is 9.59 Å². The molecule has 138 valence electrons. The highest BCUT2D eigenvalue weighted by atomic mass is 16.2. The molecule has 0 atom stereocenters. The van der Waals surface area contributed by atoms with Crippen molar-refractivity contribution in [3.8, 4) is 0 Å². The van der Waals surface area contributed by atoms with Crippen molar-refractivity contribution in [1.82, 2.24) is 0 Å². The molecule has 26 heavy (non-hydrogen) atoms. The van der Waals surface area contributed by atoms with Gasteiger partial charge in [0.1, 0.15) is 6.54 Å². The number of hydrogen-bond acceptors (Lipinski definition) is 3. The van der Waals surface area contributed by atoms with E-state index in [1.807, 2.05) is 54.6 Å². The van der Waals surface area contributed by atoms with Gasteiger partial charge in [0.15, 0.2) is 0 Å². The van der Waals surface area contributed by atoms with Crippen LogP contribution in [0.25, 0.3) is 0 Å². The van der Waals surface area contributed by atoms with Crippen molar-refractivity contribution >= 4 is 28.9 Å². The summed E-state index contributed by atoms with van der Waals surface area (Å²) in [6.07, 6.45) is 0. The Hall–Kier alpha value is -2.82. The van der Waals surface area contributed by atoms with Crippen LogP contribution < -0.4 is 14.7 Å². The van der Waals surface area contributed by atoms with Crippen molar-refractivity contribution in [3.63, 3.8) is 0 Å². The Morgan fingerprint density at radius 3 is 1.85 bits per heavy atom. The molecule has 0 spiro atoms. The summed E-state index contributed by atoms with van der Waals surface area (Å²) < 4.78 is 0. The Morgan fingerprint density at radius 2 is 1.35 bits per heavy atom. The minimum Gasteiger partial charge on any atom is -0.372 e. The molecular formula is C21H27N3O2. The van der Waals surface area contributed by atoms with Crippen molar-refractivity contribution < 1.29 is 9.59 Å². The summed E-state index contributed by atoms with van der Waals surface area (Å²) in [4.78, 5) is 30.0. The molecule has 2 aromatic rings. The fraction of sp³-hybridized carbons (Fsp3) is 0.333. The molecule has 0 bridgehead atoms. The molecule has 0 fully saturated rings. The third kappa shape index (κ3) is 4.63. The molecule has 0 heterocycles. The lowest BCUT2D eigenvalue weighted by Gasteiger charge is -2.26. The summed E-state index contributed by atoms with van der Waals surface area (Å²) in [5.41, 5.74) is 2.64. The predicted octanol–water partition coefficient (Wildman–Crippen LogP) is 3.55. The number of anilines is 3. The van der Waals surface area contributed by atoms with Gasteiger partial charge in [-0.05, 0) is 50.2 Å². The lowest BCUT2D eigenvalue weighted by atomic mass is 10.2. The first-order valence-corrected chi connectivity index (χ1v) is 8.92. The standard InChI is InChI=1S/C21H27N3O2/c1-5-23(6-2)19-12-14-20(15-13-19)24(17(3)25)16-21(26)22(4)18-10-8-7-9-11-18/h7-15H,5-6,16H2,1-4H3. The maximum absolute atomic E-state index is 12.6. The first-order valence-electron chi connectivity index (χ1n) is 8.92. The van der Waals surface area contributed by atoms with Crippen LogP contribution in [0.3, 0.4) is 0 Å². The number of carbonyl (C=O) groups excluding carboxylic acids is 2. The fourth-order valence-electron chi connectivity index (χ4n) is 2.85. The van der Waals surface area contributed by atoms with Gasteiger partial charge in [-0.15, -0.1) is 0 Å². The molecule has 0 aliphatic carbocycles. The number of benzene rings is 2. The van der Waals surface area contributed by atoms with Gasteiger partial charge in [-0.3, -0.25) is 9.59 Å².